The number of thioether (sulfide) groups is 1. The van der Waals surface area contributed by atoms with Gasteiger partial charge in [0.1, 0.15) is 0 Å². The van der Waals surface area contributed by atoms with Crippen LogP contribution in [0.2, 0.25) is 0 Å². The Labute approximate surface area is 122 Å². The largest absolute Gasteiger partial charge is 0.353 e. The normalized spacial score (nSPS) is 11.7. The number of hydrogen-bond donors (Lipinski definition) is 0. The Morgan fingerprint density at radius 3 is 1.21 bits per heavy atom. The number of rotatable bonds is 14. The molecule has 0 atom stereocenters. The first kappa shape index (κ1) is 19.2. The monoisotopic (exact) mass is 294 g/mol. The van der Waals surface area contributed by atoms with Crippen LogP contribution in [0.1, 0.15) is 40.5 Å². The van der Waals surface area contributed by atoms with E-state index in [-0.39, 0.29) is 12.6 Å². The van der Waals surface area contributed by atoms with E-state index in [1.165, 1.54) is 0 Å². The zero-order chi connectivity index (χ0) is 14.3. The van der Waals surface area contributed by atoms with Gasteiger partial charge < -0.3 is 18.9 Å². The highest BCUT2D eigenvalue weighted by atomic mass is 32.2. The van der Waals surface area contributed by atoms with Crippen molar-refractivity contribution in [3.63, 3.8) is 0 Å². The molecule has 0 aliphatic heterocycles. The van der Waals surface area contributed by atoms with Gasteiger partial charge in [0, 0.05) is 39.3 Å². The van der Waals surface area contributed by atoms with Gasteiger partial charge in [-0.1, -0.05) is 0 Å². The molecule has 0 unspecified atom stereocenters. The van der Waals surface area contributed by atoms with Crippen LogP contribution in [0.15, 0.2) is 0 Å². The molecule has 0 aromatic rings. The van der Waals surface area contributed by atoms with E-state index in [0.29, 0.717) is 26.4 Å². The van der Waals surface area contributed by atoms with Crippen molar-refractivity contribution in [2.24, 2.45) is 0 Å². The summed E-state index contributed by atoms with van der Waals surface area (Å²) < 4.78 is 22.0. The molecular formula is C14H30O4S. The van der Waals surface area contributed by atoms with Gasteiger partial charge >= 0.3 is 0 Å². The van der Waals surface area contributed by atoms with Crippen molar-refractivity contribution in [1.82, 2.24) is 0 Å². The number of hydrogen-bond acceptors (Lipinski definition) is 5. The lowest BCUT2D eigenvalue weighted by Gasteiger charge is -2.18. The maximum Gasteiger partial charge on any atom is 0.158 e. The lowest BCUT2D eigenvalue weighted by molar-refractivity contribution is -0.136. The predicted molar refractivity (Wildman–Crippen MR) is 80.6 cm³/mol. The third kappa shape index (κ3) is 11.7. The second-order valence-corrected chi connectivity index (χ2v) is 5.09. The van der Waals surface area contributed by atoms with E-state index in [0.717, 1.165) is 24.3 Å². The van der Waals surface area contributed by atoms with Crippen LogP contribution in [0.25, 0.3) is 0 Å². The molecule has 5 heteroatoms. The van der Waals surface area contributed by atoms with Gasteiger partial charge in [-0.25, -0.2) is 0 Å². The Bertz CT molecular complexity index is 151. The fourth-order valence-electron chi connectivity index (χ4n) is 1.63. The average molecular weight is 294 g/mol. The van der Waals surface area contributed by atoms with Crippen LogP contribution < -0.4 is 0 Å². The second-order valence-electron chi connectivity index (χ2n) is 3.87. The van der Waals surface area contributed by atoms with E-state index < -0.39 is 0 Å². The Balaban J connectivity index is 3.59. The van der Waals surface area contributed by atoms with E-state index >= 15 is 0 Å². The van der Waals surface area contributed by atoms with Gasteiger partial charge in [-0.3, -0.25) is 0 Å². The van der Waals surface area contributed by atoms with Crippen LogP contribution >= 0.6 is 11.8 Å². The first-order chi connectivity index (χ1) is 9.28. The molecule has 0 spiro atoms. The molecule has 0 amide bonds. The van der Waals surface area contributed by atoms with E-state index in [1.54, 1.807) is 0 Å². The summed E-state index contributed by atoms with van der Waals surface area (Å²) in [6.45, 7) is 10.8. The lowest BCUT2D eigenvalue weighted by Crippen LogP contribution is -2.19. The molecular weight excluding hydrogens is 264 g/mol. The topological polar surface area (TPSA) is 36.9 Å². The standard InChI is InChI=1S/C14H30O4S/c1-5-15-13(16-6-2)9-11-19-12-10-14(17-7-3)18-8-4/h13-14H,5-12H2,1-4H3. The average Bonchev–Trinajstić information content (AvgIpc) is 2.39. The molecule has 0 rings (SSSR count). The van der Waals surface area contributed by atoms with E-state index in [1.807, 2.05) is 39.5 Å². The summed E-state index contributed by atoms with van der Waals surface area (Å²) in [4.78, 5) is 0. The second kappa shape index (κ2) is 14.6. The van der Waals surface area contributed by atoms with Crippen molar-refractivity contribution in [3.05, 3.63) is 0 Å². The van der Waals surface area contributed by atoms with E-state index in [9.17, 15) is 0 Å². The molecule has 0 radical (unpaired) electrons. The minimum absolute atomic E-state index is 0.0583. The Kier molecular flexibility index (Phi) is 14.7. The molecule has 0 aromatic heterocycles. The van der Waals surface area contributed by atoms with E-state index in [2.05, 4.69) is 0 Å². The van der Waals surface area contributed by atoms with Crippen LogP contribution in [0, 0.1) is 0 Å². The van der Waals surface area contributed by atoms with Crippen molar-refractivity contribution in [3.8, 4) is 0 Å². The quantitative estimate of drug-likeness (QED) is 0.363. The summed E-state index contributed by atoms with van der Waals surface area (Å²) >= 11 is 1.89. The summed E-state index contributed by atoms with van der Waals surface area (Å²) in [6, 6.07) is 0. The van der Waals surface area contributed by atoms with Gasteiger partial charge in [0.15, 0.2) is 12.6 Å². The summed E-state index contributed by atoms with van der Waals surface area (Å²) in [7, 11) is 0. The smallest absolute Gasteiger partial charge is 0.158 e. The lowest BCUT2D eigenvalue weighted by atomic mass is 10.4. The molecule has 0 N–H and O–H groups in total. The van der Waals surface area contributed by atoms with Crippen LogP contribution in [0.4, 0.5) is 0 Å². The SMILES string of the molecule is CCOC(CCSCCC(OCC)OCC)OCC. The molecule has 0 aliphatic carbocycles. The van der Waals surface area contributed by atoms with Crippen molar-refractivity contribution >= 4 is 11.8 Å². The molecule has 0 saturated carbocycles. The molecule has 0 heterocycles. The fraction of sp³-hybridized carbons (Fsp3) is 1.00. The summed E-state index contributed by atoms with van der Waals surface area (Å²) in [6.07, 6.45) is 1.75. The third-order valence-electron chi connectivity index (χ3n) is 2.41. The molecule has 0 saturated heterocycles. The molecule has 0 aliphatic rings. The van der Waals surface area contributed by atoms with Crippen LogP contribution in [0.5, 0.6) is 0 Å². The van der Waals surface area contributed by atoms with Crippen LogP contribution in [-0.2, 0) is 18.9 Å². The zero-order valence-corrected chi connectivity index (χ0v) is 13.7. The predicted octanol–water partition coefficient (Wildman–Crippen LogP) is 3.30. The Morgan fingerprint density at radius 1 is 0.632 bits per heavy atom. The van der Waals surface area contributed by atoms with Gasteiger partial charge in [0.25, 0.3) is 0 Å². The van der Waals surface area contributed by atoms with Crippen molar-refractivity contribution in [2.75, 3.05) is 37.9 Å². The Morgan fingerprint density at radius 2 is 0.947 bits per heavy atom. The number of ether oxygens (including phenoxy) is 4. The van der Waals surface area contributed by atoms with Crippen molar-refractivity contribution in [1.29, 1.82) is 0 Å². The molecule has 0 aromatic carbocycles. The maximum atomic E-state index is 5.50. The molecule has 0 fully saturated rings. The first-order valence-corrected chi connectivity index (χ1v) is 8.47. The summed E-state index contributed by atoms with van der Waals surface area (Å²) in [5, 5.41) is 0. The molecule has 19 heavy (non-hydrogen) atoms. The summed E-state index contributed by atoms with van der Waals surface area (Å²) in [5.74, 6) is 2.07. The Hall–Kier alpha value is 0.190. The fourth-order valence-corrected chi connectivity index (χ4v) is 2.56. The highest BCUT2D eigenvalue weighted by Crippen LogP contribution is 2.12. The van der Waals surface area contributed by atoms with Gasteiger partial charge in [0.05, 0.1) is 0 Å². The van der Waals surface area contributed by atoms with Crippen LogP contribution in [0.3, 0.4) is 0 Å². The molecule has 116 valence electrons. The van der Waals surface area contributed by atoms with Gasteiger partial charge in [-0.05, 0) is 39.2 Å². The van der Waals surface area contributed by atoms with Gasteiger partial charge in [-0.15, -0.1) is 0 Å². The highest BCUT2D eigenvalue weighted by Gasteiger charge is 2.09. The van der Waals surface area contributed by atoms with Gasteiger partial charge in [0.2, 0.25) is 0 Å². The van der Waals surface area contributed by atoms with Crippen LogP contribution in [-0.4, -0.2) is 50.5 Å². The molecule has 0 bridgehead atoms. The zero-order valence-electron chi connectivity index (χ0n) is 12.9. The van der Waals surface area contributed by atoms with E-state index in [4.69, 9.17) is 18.9 Å². The minimum atomic E-state index is -0.0583. The van der Waals surface area contributed by atoms with Crippen molar-refractivity contribution in [2.45, 2.75) is 53.1 Å². The minimum Gasteiger partial charge on any atom is -0.353 e. The maximum absolute atomic E-state index is 5.50. The third-order valence-corrected chi connectivity index (χ3v) is 3.45. The highest BCUT2D eigenvalue weighted by molar-refractivity contribution is 7.99. The first-order valence-electron chi connectivity index (χ1n) is 7.32. The van der Waals surface area contributed by atoms with Gasteiger partial charge in [-0.2, -0.15) is 11.8 Å². The van der Waals surface area contributed by atoms with Crippen molar-refractivity contribution < 1.29 is 18.9 Å². The molecule has 4 nitrogen and oxygen atoms in total. The summed E-state index contributed by atoms with van der Waals surface area (Å²) in [5.41, 5.74) is 0.